The number of H-pyrrole nitrogens is 1. The summed E-state index contributed by atoms with van der Waals surface area (Å²) in [7, 11) is 0. The maximum absolute atomic E-state index is 13.4. The average molecular weight is 413 g/mol. The van der Waals surface area contributed by atoms with E-state index in [4.69, 9.17) is 0 Å². The van der Waals surface area contributed by atoms with E-state index < -0.39 is 0 Å². The molecule has 0 saturated carbocycles. The van der Waals surface area contributed by atoms with Crippen molar-refractivity contribution in [2.24, 2.45) is 5.92 Å². The molecule has 0 spiro atoms. The van der Waals surface area contributed by atoms with Crippen LogP contribution in [0.15, 0.2) is 18.2 Å². The number of carbonyl (C=O) groups excluding carboxylic acids is 1. The number of imidazole rings is 1. The first-order chi connectivity index (χ1) is 14.4. The molecule has 1 aromatic carbocycles. The van der Waals surface area contributed by atoms with Crippen LogP contribution >= 0.6 is 0 Å². The first-order valence-corrected chi connectivity index (χ1v) is 10.6. The highest BCUT2D eigenvalue weighted by Crippen LogP contribution is 2.23. The highest BCUT2D eigenvalue weighted by atomic mass is 19.1. The maximum Gasteiger partial charge on any atom is 0.238 e. The molecular weight excluding hydrogens is 383 g/mol. The third-order valence-electron chi connectivity index (χ3n) is 5.89. The number of anilines is 1. The molecule has 1 atom stereocenters. The van der Waals surface area contributed by atoms with Crippen LogP contribution in [0.3, 0.4) is 0 Å². The number of nitrogens with zero attached hydrogens (tertiary/aromatic N) is 4. The number of halogens is 1. The number of aromatic nitrogens is 4. The summed E-state index contributed by atoms with van der Waals surface area (Å²) in [5.74, 6) is 1.03. The highest BCUT2D eigenvalue weighted by Gasteiger charge is 2.24. The van der Waals surface area contributed by atoms with Crippen LogP contribution in [0.5, 0.6) is 0 Å². The van der Waals surface area contributed by atoms with Gasteiger partial charge in [-0.2, -0.15) is 5.10 Å². The second-order valence-electron chi connectivity index (χ2n) is 8.20. The summed E-state index contributed by atoms with van der Waals surface area (Å²) in [5.41, 5.74) is 4.18. The van der Waals surface area contributed by atoms with Crippen LogP contribution in [-0.4, -0.2) is 50.2 Å². The smallest absolute Gasteiger partial charge is 0.238 e. The molecule has 2 aromatic heterocycles. The molecule has 3 aromatic rings. The standard InChI is InChI=1S/C22H29FN6O/c1-4-29-15(3)22(14(2)27-29)26-21(30)13-28-9-5-6-16(12-28)10-20-24-18-8-7-17(23)11-19(18)25-20/h7-8,11,16H,4-6,9-10,12-13H2,1-3H3,(H,24,25)(H,26,30)/t16-/m1/s1. The van der Waals surface area contributed by atoms with E-state index in [0.717, 1.165) is 72.8 Å². The Morgan fingerprint density at radius 3 is 2.97 bits per heavy atom. The quantitative estimate of drug-likeness (QED) is 0.650. The molecule has 1 aliphatic heterocycles. The predicted molar refractivity (Wildman–Crippen MR) is 115 cm³/mol. The van der Waals surface area contributed by atoms with Gasteiger partial charge in [0.05, 0.1) is 34.7 Å². The number of fused-ring (bicyclic) bond motifs is 1. The second-order valence-corrected chi connectivity index (χ2v) is 8.20. The van der Waals surface area contributed by atoms with Crippen LogP contribution in [0.2, 0.25) is 0 Å². The van der Waals surface area contributed by atoms with Crippen molar-refractivity contribution in [3.8, 4) is 0 Å². The summed E-state index contributed by atoms with van der Waals surface area (Å²) < 4.78 is 15.3. The Balaban J connectivity index is 1.35. The van der Waals surface area contributed by atoms with Gasteiger partial charge in [0.15, 0.2) is 0 Å². The van der Waals surface area contributed by atoms with E-state index in [9.17, 15) is 9.18 Å². The number of hydrogen-bond donors (Lipinski definition) is 2. The molecule has 1 aliphatic rings. The van der Waals surface area contributed by atoms with E-state index in [2.05, 4.69) is 25.3 Å². The lowest BCUT2D eigenvalue weighted by molar-refractivity contribution is -0.117. The average Bonchev–Trinajstić information content (AvgIpc) is 3.22. The van der Waals surface area contributed by atoms with Crippen molar-refractivity contribution < 1.29 is 9.18 Å². The fraction of sp³-hybridized carbons (Fsp3) is 0.500. The van der Waals surface area contributed by atoms with Crippen molar-refractivity contribution in [2.45, 2.75) is 46.6 Å². The third kappa shape index (κ3) is 4.38. The molecule has 0 unspecified atom stereocenters. The van der Waals surface area contributed by atoms with Gasteiger partial charge in [0.25, 0.3) is 0 Å². The molecule has 0 radical (unpaired) electrons. The summed E-state index contributed by atoms with van der Waals surface area (Å²) in [5, 5.41) is 7.52. The fourth-order valence-electron chi connectivity index (χ4n) is 4.43. The Hall–Kier alpha value is -2.74. The van der Waals surface area contributed by atoms with Crippen molar-refractivity contribution in [1.82, 2.24) is 24.6 Å². The van der Waals surface area contributed by atoms with Crippen molar-refractivity contribution in [3.05, 3.63) is 41.2 Å². The number of rotatable bonds is 6. The highest BCUT2D eigenvalue weighted by molar-refractivity contribution is 5.93. The zero-order valence-electron chi connectivity index (χ0n) is 17.8. The molecule has 160 valence electrons. The van der Waals surface area contributed by atoms with Crippen LogP contribution in [0.25, 0.3) is 11.0 Å². The Morgan fingerprint density at radius 2 is 2.20 bits per heavy atom. The summed E-state index contributed by atoms with van der Waals surface area (Å²) in [6.07, 6.45) is 2.96. The molecule has 7 nitrogen and oxygen atoms in total. The lowest BCUT2D eigenvalue weighted by Crippen LogP contribution is -2.41. The van der Waals surface area contributed by atoms with Crippen molar-refractivity contribution in [2.75, 3.05) is 25.0 Å². The molecule has 0 aliphatic carbocycles. The summed E-state index contributed by atoms with van der Waals surface area (Å²) in [6.45, 7) is 8.87. The molecule has 1 fully saturated rings. The normalized spacial score (nSPS) is 17.5. The number of aromatic amines is 1. The van der Waals surface area contributed by atoms with E-state index in [1.54, 1.807) is 6.07 Å². The van der Waals surface area contributed by atoms with Crippen molar-refractivity contribution in [1.29, 1.82) is 0 Å². The molecule has 2 N–H and O–H groups in total. The van der Waals surface area contributed by atoms with E-state index in [1.165, 1.54) is 12.1 Å². The SMILES string of the molecule is CCn1nc(C)c(NC(=O)CN2CCC[C@H](Cc3nc4ccc(F)cc4[nH]3)C2)c1C. The Kier molecular flexibility index (Phi) is 5.85. The monoisotopic (exact) mass is 412 g/mol. The van der Waals surface area contributed by atoms with Crippen LogP contribution in [0.4, 0.5) is 10.1 Å². The fourth-order valence-corrected chi connectivity index (χ4v) is 4.43. The van der Waals surface area contributed by atoms with Crippen LogP contribution in [-0.2, 0) is 17.8 Å². The zero-order valence-corrected chi connectivity index (χ0v) is 17.8. The van der Waals surface area contributed by atoms with Gasteiger partial charge in [0.1, 0.15) is 11.6 Å². The first-order valence-electron chi connectivity index (χ1n) is 10.6. The number of aryl methyl sites for hydroxylation is 2. The van der Waals surface area contributed by atoms with E-state index in [0.29, 0.717) is 12.5 Å². The molecule has 3 heterocycles. The Morgan fingerprint density at radius 1 is 1.37 bits per heavy atom. The topological polar surface area (TPSA) is 78.8 Å². The van der Waals surface area contributed by atoms with E-state index >= 15 is 0 Å². The van der Waals surface area contributed by atoms with Gasteiger partial charge in [-0.3, -0.25) is 14.4 Å². The number of nitrogens with one attached hydrogen (secondary N) is 2. The zero-order chi connectivity index (χ0) is 21.3. The van der Waals surface area contributed by atoms with Gasteiger partial charge in [-0.25, -0.2) is 9.37 Å². The largest absolute Gasteiger partial charge is 0.342 e. The summed E-state index contributed by atoms with van der Waals surface area (Å²) in [4.78, 5) is 22.7. The van der Waals surface area contributed by atoms with Gasteiger partial charge < -0.3 is 10.3 Å². The minimum Gasteiger partial charge on any atom is -0.342 e. The van der Waals surface area contributed by atoms with Gasteiger partial charge in [-0.1, -0.05) is 0 Å². The Bertz CT molecular complexity index is 1060. The van der Waals surface area contributed by atoms with Gasteiger partial charge in [0.2, 0.25) is 5.91 Å². The maximum atomic E-state index is 13.4. The Labute approximate surface area is 175 Å². The van der Waals surface area contributed by atoms with Crippen LogP contribution < -0.4 is 5.32 Å². The number of piperidine rings is 1. The van der Waals surface area contributed by atoms with Crippen molar-refractivity contribution in [3.63, 3.8) is 0 Å². The third-order valence-corrected chi connectivity index (χ3v) is 5.89. The van der Waals surface area contributed by atoms with Gasteiger partial charge >= 0.3 is 0 Å². The number of amides is 1. The molecule has 4 rings (SSSR count). The predicted octanol–water partition coefficient (Wildman–Crippen LogP) is 3.43. The number of benzene rings is 1. The van der Waals surface area contributed by atoms with E-state index in [-0.39, 0.29) is 11.7 Å². The molecule has 8 heteroatoms. The first kappa shape index (κ1) is 20.5. The van der Waals surface area contributed by atoms with Gasteiger partial charge in [-0.15, -0.1) is 0 Å². The van der Waals surface area contributed by atoms with Crippen LogP contribution in [0, 0.1) is 25.6 Å². The molecular formula is C22H29FN6O. The minimum absolute atomic E-state index is 0.00304. The molecule has 30 heavy (non-hydrogen) atoms. The van der Waals surface area contributed by atoms with Gasteiger partial charge in [-0.05, 0) is 64.3 Å². The molecule has 0 bridgehead atoms. The second kappa shape index (κ2) is 8.55. The van der Waals surface area contributed by atoms with Gasteiger partial charge in [0, 0.05) is 19.5 Å². The van der Waals surface area contributed by atoms with E-state index in [1.807, 2.05) is 25.5 Å². The lowest BCUT2D eigenvalue weighted by Gasteiger charge is -2.31. The van der Waals surface area contributed by atoms with Crippen LogP contribution in [0.1, 0.15) is 37.0 Å². The molecule has 1 amide bonds. The number of carbonyl (C=O) groups is 1. The lowest BCUT2D eigenvalue weighted by atomic mass is 9.94. The number of hydrogen-bond acceptors (Lipinski definition) is 4. The summed E-state index contributed by atoms with van der Waals surface area (Å²) in [6, 6.07) is 4.61. The summed E-state index contributed by atoms with van der Waals surface area (Å²) >= 11 is 0. The van der Waals surface area contributed by atoms with Crippen molar-refractivity contribution >= 4 is 22.6 Å². The molecule has 1 saturated heterocycles. The minimum atomic E-state index is -0.262. The number of likely N-dealkylation sites (tertiary alicyclic amines) is 1.